The molecule has 3 fully saturated rings. The Balaban J connectivity index is 1.18. The molecule has 2 aliphatic heterocycles. The quantitative estimate of drug-likeness (QED) is 0.0872. The molecule has 4 heterocycles. The van der Waals surface area contributed by atoms with Crippen molar-refractivity contribution >= 4 is 51.9 Å². The Labute approximate surface area is 346 Å². The molecule has 16 heteroatoms. The highest BCUT2D eigenvalue weighted by molar-refractivity contribution is 8.68. The molecule has 1 saturated carbocycles. The summed E-state index contributed by atoms with van der Waals surface area (Å²) in [4.78, 5) is 37.4. The number of nitrogens with zero attached hydrogens (tertiary/aromatic N) is 3. The van der Waals surface area contributed by atoms with Gasteiger partial charge in [0, 0.05) is 17.1 Å². The van der Waals surface area contributed by atoms with Crippen molar-refractivity contribution in [2.75, 3.05) is 32.8 Å². The SMILES string of the molecule is COc1ccc(C(OC[C@H]2O[C@@H](n3cnc4c(=O)[nH]c(NC(=O)C(C)C)nc43)C[C@@H]2OP2(=S)OCC3(CCCCC3)S2)(c2ccccc2)c2ccc(OC)cc2)cc1. The molecule has 13 nitrogen and oxygen atoms in total. The predicted molar refractivity (Wildman–Crippen MR) is 227 cm³/mol. The number of fused-ring (bicyclic) bond motifs is 1. The van der Waals surface area contributed by atoms with Crippen LogP contribution >= 0.6 is 17.1 Å². The highest BCUT2D eigenvalue weighted by atomic mass is 32.9. The molecule has 1 amide bonds. The van der Waals surface area contributed by atoms with Crippen molar-refractivity contribution in [3.8, 4) is 11.5 Å². The van der Waals surface area contributed by atoms with Gasteiger partial charge in [0.15, 0.2) is 11.2 Å². The smallest absolute Gasteiger partial charge is 0.280 e. The van der Waals surface area contributed by atoms with Gasteiger partial charge in [-0.05, 0) is 65.6 Å². The van der Waals surface area contributed by atoms with Crippen LogP contribution in [0.5, 0.6) is 11.5 Å². The first kappa shape index (κ1) is 40.7. The molecule has 3 aromatic carbocycles. The first-order valence-corrected chi connectivity index (χ1v) is 23.7. The summed E-state index contributed by atoms with van der Waals surface area (Å²) in [6, 6.07) is 25.8. The Morgan fingerprint density at radius 3 is 2.26 bits per heavy atom. The van der Waals surface area contributed by atoms with Crippen LogP contribution in [0.1, 0.15) is 75.3 Å². The molecular formula is C42H48N5O8PS2. The van der Waals surface area contributed by atoms with Crippen LogP contribution in [0.2, 0.25) is 0 Å². The Hall–Kier alpha value is -4.08. The first-order chi connectivity index (χ1) is 28.0. The molecule has 4 atom stereocenters. The van der Waals surface area contributed by atoms with Crippen LogP contribution in [0.3, 0.4) is 0 Å². The summed E-state index contributed by atoms with van der Waals surface area (Å²) in [5, 5.41) is 2.70. The summed E-state index contributed by atoms with van der Waals surface area (Å²) in [5.74, 6) is 0.856. The molecule has 1 aliphatic carbocycles. The molecule has 58 heavy (non-hydrogen) atoms. The minimum atomic E-state index is -2.80. The fourth-order valence-corrected chi connectivity index (χ4v) is 15.1. The van der Waals surface area contributed by atoms with E-state index in [1.807, 2.05) is 78.9 Å². The third kappa shape index (κ3) is 8.10. The number of nitrogens with one attached hydrogen (secondary N) is 2. The lowest BCUT2D eigenvalue weighted by Gasteiger charge is -2.37. The lowest BCUT2D eigenvalue weighted by Crippen LogP contribution is -2.38. The largest absolute Gasteiger partial charge is 0.497 e. The highest BCUT2D eigenvalue weighted by Crippen LogP contribution is 2.74. The molecule has 5 aromatic rings. The topological polar surface area (TPSA) is 148 Å². The van der Waals surface area contributed by atoms with E-state index < -0.39 is 35.3 Å². The number of H-pyrrole nitrogens is 1. The summed E-state index contributed by atoms with van der Waals surface area (Å²) < 4.78 is 40.4. The van der Waals surface area contributed by atoms with Gasteiger partial charge in [-0.3, -0.25) is 24.5 Å². The van der Waals surface area contributed by atoms with Gasteiger partial charge in [0.05, 0.1) is 39.9 Å². The number of ether oxygens (including phenoxy) is 4. The number of benzene rings is 3. The monoisotopic (exact) mass is 845 g/mol. The minimum absolute atomic E-state index is 0.0271. The maximum absolute atomic E-state index is 13.2. The third-order valence-electron chi connectivity index (χ3n) is 11.1. The molecule has 8 rings (SSSR count). The fourth-order valence-electron chi connectivity index (χ4n) is 8.01. The molecule has 3 aliphatic rings. The second-order valence-electron chi connectivity index (χ2n) is 15.3. The van der Waals surface area contributed by atoms with E-state index in [4.69, 9.17) is 39.8 Å². The van der Waals surface area contributed by atoms with Crippen LogP contribution < -0.4 is 20.3 Å². The maximum atomic E-state index is 13.2. The second kappa shape index (κ2) is 16.9. The van der Waals surface area contributed by atoms with E-state index in [1.165, 1.54) is 12.7 Å². The Kier molecular flexibility index (Phi) is 11.8. The van der Waals surface area contributed by atoms with Crippen molar-refractivity contribution < 1.29 is 32.8 Å². The van der Waals surface area contributed by atoms with E-state index in [0.717, 1.165) is 42.4 Å². The second-order valence-corrected chi connectivity index (χ2v) is 21.8. The standard InChI is InChI=1S/C42H48N5O8PS2/c1-27(2)38(48)45-40-44-37-36(39(49)46-40)43-26-47(37)35-23-33(55-56(57)53-25-41(58-56)21-9-6-10-22-41)34(54-35)24-52-42(28-11-7-5-8-12-28,29-13-17-31(50-3)18-14-29)30-15-19-32(51-4)20-16-30/h5,7-8,11-20,26-27,33-35H,6,9-10,21-25H2,1-4H3,(H2,44,45,46,48,49)/t33-,34+,35+,56?/m0/s1. The van der Waals surface area contributed by atoms with Crippen LogP contribution in [0.25, 0.3) is 11.2 Å². The molecule has 0 bridgehead atoms. The van der Waals surface area contributed by atoms with Gasteiger partial charge in [-0.15, -0.1) is 0 Å². The van der Waals surface area contributed by atoms with Gasteiger partial charge in [0.25, 0.3) is 5.56 Å². The number of rotatable bonds is 13. The lowest BCUT2D eigenvalue weighted by molar-refractivity contribution is -0.118. The molecule has 2 aromatic heterocycles. The number of amides is 1. The Bertz CT molecular complexity index is 2290. The van der Waals surface area contributed by atoms with Gasteiger partial charge in [-0.1, -0.05) is 99.1 Å². The van der Waals surface area contributed by atoms with Gasteiger partial charge in [-0.25, -0.2) is 4.98 Å². The number of hydrogen-bond acceptors (Lipinski definition) is 12. The number of hydrogen-bond donors (Lipinski definition) is 2. The zero-order valence-corrected chi connectivity index (χ0v) is 35.4. The molecule has 2 saturated heterocycles. The van der Waals surface area contributed by atoms with Crippen LogP contribution in [-0.4, -0.2) is 69.8 Å². The van der Waals surface area contributed by atoms with Crippen molar-refractivity contribution in [1.82, 2.24) is 19.5 Å². The van der Waals surface area contributed by atoms with E-state index in [0.29, 0.717) is 24.5 Å². The van der Waals surface area contributed by atoms with Crippen molar-refractivity contribution in [3.05, 3.63) is 112 Å². The number of carbonyl (C=O) groups is 1. The summed E-state index contributed by atoms with van der Waals surface area (Å²) in [6.45, 7) is 4.17. The van der Waals surface area contributed by atoms with Gasteiger partial charge in [-0.2, -0.15) is 4.98 Å². The minimum Gasteiger partial charge on any atom is -0.497 e. The van der Waals surface area contributed by atoms with Crippen LogP contribution in [-0.2, 0) is 40.7 Å². The zero-order chi connectivity index (χ0) is 40.5. The highest BCUT2D eigenvalue weighted by Gasteiger charge is 2.50. The first-order valence-electron chi connectivity index (χ1n) is 19.6. The predicted octanol–water partition coefficient (Wildman–Crippen LogP) is 8.10. The van der Waals surface area contributed by atoms with Gasteiger partial charge < -0.3 is 28.0 Å². The molecular weight excluding hydrogens is 798 g/mol. The van der Waals surface area contributed by atoms with Crippen LogP contribution in [0.4, 0.5) is 5.95 Å². The van der Waals surface area contributed by atoms with Crippen molar-refractivity contribution in [3.63, 3.8) is 0 Å². The fraction of sp³-hybridized carbons (Fsp3) is 0.429. The normalized spacial score (nSPS) is 23.1. The van der Waals surface area contributed by atoms with Crippen molar-refractivity contribution in [1.29, 1.82) is 0 Å². The molecule has 1 spiro atoms. The van der Waals surface area contributed by atoms with Crippen molar-refractivity contribution in [2.24, 2.45) is 5.92 Å². The van der Waals surface area contributed by atoms with Crippen LogP contribution in [0, 0.1) is 5.92 Å². The molecule has 306 valence electrons. The number of imidazole rings is 1. The average molecular weight is 846 g/mol. The molecule has 1 unspecified atom stereocenters. The van der Waals surface area contributed by atoms with E-state index >= 15 is 0 Å². The number of aromatic nitrogens is 4. The van der Waals surface area contributed by atoms with E-state index in [-0.39, 0.29) is 40.3 Å². The van der Waals surface area contributed by atoms with Gasteiger partial charge >= 0.3 is 0 Å². The summed E-state index contributed by atoms with van der Waals surface area (Å²) in [7, 11) is 3.28. The van der Waals surface area contributed by atoms with Gasteiger partial charge in [0.2, 0.25) is 17.5 Å². The third-order valence-corrected chi connectivity index (χ3v) is 16.9. The number of carbonyl (C=O) groups excluding carboxylic acids is 1. The summed E-state index contributed by atoms with van der Waals surface area (Å²) in [5.41, 5.74) is -1.36. The van der Waals surface area contributed by atoms with Crippen LogP contribution in [0.15, 0.2) is 90.0 Å². The number of anilines is 1. The zero-order valence-electron chi connectivity index (χ0n) is 32.9. The molecule has 2 N–H and O–H groups in total. The number of aromatic amines is 1. The van der Waals surface area contributed by atoms with E-state index in [9.17, 15) is 9.59 Å². The van der Waals surface area contributed by atoms with E-state index in [2.05, 4.69) is 20.3 Å². The Morgan fingerprint density at radius 2 is 1.64 bits per heavy atom. The van der Waals surface area contributed by atoms with E-state index in [1.54, 1.807) is 44.0 Å². The van der Waals surface area contributed by atoms with Crippen molar-refractivity contribution in [2.45, 2.75) is 81.2 Å². The summed E-state index contributed by atoms with van der Waals surface area (Å²) in [6.07, 6.45) is 5.63. The number of methoxy groups -OCH3 is 2. The maximum Gasteiger partial charge on any atom is 0.280 e. The molecule has 0 radical (unpaired) electrons. The average Bonchev–Trinajstić information content (AvgIpc) is 3.94. The van der Waals surface area contributed by atoms with Gasteiger partial charge in [0.1, 0.15) is 29.4 Å². The summed E-state index contributed by atoms with van der Waals surface area (Å²) >= 11 is 7.95. The lowest BCUT2D eigenvalue weighted by atomic mass is 9.80. The Morgan fingerprint density at radius 1 is 1.00 bits per heavy atom.